The summed E-state index contributed by atoms with van der Waals surface area (Å²) in [6.45, 7) is 0. The molecule has 0 aromatic heterocycles. The van der Waals surface area contributed by atoms with Gasteiger partial charge >= 0.3 is 57.6 Å². The average Bonchev–Trinajstić information content (AvgIpc) is 1.92. The number of hydrogen-bond acceptors (Lipinski definition) is 1. The van der Waals surface area contributed by atoms with E-state index < -0.39 is 17.5 Å². The summed E-state index contributed by atoms with van der Waals surface area (Å²) < 4.78 is 35.8. The summed E-state index contributed by atoms with van der Waals surface area (Å²) in [5.74, 6) is -0.563. The molecule has 0 saturated heterocycles. The third kappa shape index (κ3) is 3.77. The first-order valence-electron chi connectivity index (χ1n) is 2.97. The molecule has 1 aromatic carbocycles. The third-order valence-electron chi connectivity index (χ3n) is 1.27. The Morgan fingerprint density at radius 2 is 1.77 bits per heavy atom. The molecule has 6 heteroatoms. The van der Waals surface area contributed by atoms with Gasteiger partial charge in [0.2, 0.25) is 0 Å². The van der Waals surface area contributed by atoms with Gasteiger partial charge in [-0.2, -0.15) is 13.2 Å². The minimum atomic E-state index is -4.44. The average molecular weight is 237 g/mol. The maximum absolute atomic E-state index is 11.9. The van der Waals surface area contributed by atoms with Crippen LogP contribution in [0.5, 0.6) is 5.75 Å². The first-order chi connectivity index (χ1) is 5.41. The molecule has 1 nitrogen and oxygen atoms in total. The van der Waals surface area contributed by atoms with E-state index in [0.717, 1.165) is 12.1 Å². The van der Waals surface area contributed by atoms with Crippen LogP contribution in [0.2, 0.25) is 5.02 Å². The molecule has 0 aliphatic carbocycles. The van der Waals surface area contributed by atoms with Gasteiger partial charge in [-0.1, -0.05) is 11.6 Å². The van der Waals surface area contributed by atoms with Crippen LogP contribution >= 0.6 is 11.6 Å². The molecule has 0 aliphatic rings. The molecule has 13 heavy (non-hydrogen) atoms. The number of benzene rings is 1. The summed E-state index contributed by atoms with van der Waals surface area (Å²) in [5.41, 5.74) is -0.913. The van der Waals surface area contributed by atoms with E-state index >= 15 is 0 Å². The van der Waals surface area contributed by atoms with E-state index in [0.29, 0.717) is 6.07 Å². The molecule has 0 fully saturated rings. The van der Waals surface area contributed by atoms with Crippen molar-refractivity contribution in [3.63, 3.8) is 0 Å². The van der Waals surface area contributed by atoms with Gasteiger partial charge in [-0.15, -0.1) is 0 Å². The van der Waals surface area contributed by atoms with E-state index in [1.165, 1.54) is 0 Å². The Balaban J connectivity index is 0.00000144. The van der Waals surface area contributed by atoms with Crippen LogP contribution in [0.15, 0.2) is 18.2 Å². The normalized spacial score (nSPS) is 10.8. The topological polar surface area (TPSA) is 20.2 Å². The van der Waals surface area contributed by atoms with Gasteiger partial charge in [-0.05, 0) is 18.2 Å². The first-order valence-corrected chi connectivity index (χ1v) is 3.35. The number of halogens is 4. The van der Waals surface area contributed by atoms with Crippen molar-refractivity contribution in [1.29, 1.82) is 0 Å². The van der Waals surface area contributed by atoms with E-state index in [1.54, 1.807) is 0 Å². The van der Waals surface area contributed by atoms with Gasteiger partial charge < -0.3 is 5.11 Å². The van der Waals surface area contributed by atoms with E-state index in [-0.39, 0.29) is 56.4 Å². The Kier molecular flexibility index (Phi) is 5.28. The molecule has 1 aromatic rings. The standard InChI is InChI=1S/C7H4ClF3O.K.H/c8-5-2-1-4(3-6(5)12)7(9,10)11;;/h1-3,12H;;. The zero-order valence-electron chi connectivity index (χ0n) is 5.69. The first kappa shape index (κ1) is 13.7. The quantitative estimate of drug-likeness (QED) is 0.686. The van der Waals surface area contributed by atoms with Crippen LogP contribution in [-0.4, -0.2) is 56.5 Å². The summed E-state index contributed by atoms with van der Waals surface area (Å²) in [7, 11) is 0. The van der Waals surface area contributed by atoms with Gasteiger partial charge in [-0.25, -0.2) is 0 Å². The predicted octanol–water partition coefficient (Wildman–Crippen LogP) is 2.42. The van der Waals surface area contributed by atoms with Crippen molar-refractivity contribution in [3.8, 4) is 5.75 Å². The fraction of sp³-hybridized carbons (Fsp3) is 0.143. The fourth-order valence-electron chi connectivity index (χ4n) is 0.689. The van der Waals surface area contributed by atoms with Crippen molar-refractivity contribution in [2.75, 3.05) is 0 Å². The maximum atomic E-state index is 11.9. The molecule has 0 atom stereocenters. The predicted molar refractivity (Wildman–Crippen MR) is 45.3 cm³/mol. The van der Waals surface area contributed by atoms with Crippen LogP contribution in [0.1, 0.15) is 5.56 Å². The van der Waals surface area contributed by atoms with Gasteiger partial charge in [-0.3, -0.25) is 0 Å². The molecule has 0 spiro atoms. The molecule has 0 radical (unpaired) electrons. The Morgan fingerprint density at radius 1 is 1.23 bits per heavy atom. The van der Waals surface area contributed by atoms with Gasteiger partial charge in [0.1, 0.15) is 5.75 Å². The Labute approximate surface area is 120 Å². The fourth-order valence-corrected chi connectivity index (χ4v) is 0.807. The van der Waals surface area contributed by atoms with E-state index in [9.17, 15) is 13.2 Å². The molecule has 0 amide bonds. The van der Waals surface area contributed by atoms with Crippen LogP contribution in [-0.2, 0) is 6.18 Å². The van der Waals surface area contributed by atoms with E-state index in [4.69, 9.17) is 16.7 Å². The molecule has 1 N–H and O–H groups in total. The van der Waals surface area contributed by atoms with Crippen molar-refractivity contribution >= 4 is 63.0 Å². The second kappa shape index (κ2) is 5.00. The Bertz CT molecular complexity index is 300. The number of phenolic OH excluding ortho intramolecular Hbond substituents is 1. The summed E-state index contributed by atoms with van der Waals surface area (Å²) in [6, 6.07) is 2.39. The van der Waals surface area contributed by atoms with E-state index in [1.807, 2.05) is 0 Å². The monoisotopic (exact) mass is 236 g/mol. The molecule has 0 heterocycles. The van der Waals surface area contributed by atoms with Crippen molar-refractivity contribution in [2.24, 2.45) is 0 Å². The van der Waals surface area contributed by atoms with Gasteiger partial charge in [0.25, 0.3) is 0 Å². The molecule has 0 unspecified atom stereocenters. The molecular formula is C7H5ClF3KO. The van der Waals surface area contributed by atoms with Gasteiger partial charge in [0.05, 0.1) is 10.6 Å². The SMILES string of the molecule is Oc1cc(C(F)(F)F)ccc1Cl.[KH]. The van der Waals surface area contributed by atoms with Gasteiger partial charge in [0, 0.05) is 0 Å². The number of phenols is 1. The molecular weight excluding hydrogens is 232 g/mol. The van der Waals surface area contributed by atoms with Crippen molar-refractivity contribution in [1.82, 2.24) is 0 Å². The summed E-state index contributed by atoms with van der Waals surface area (Å²) in [6.07, 6.45) is -4.44. The number of alkyl halides is 3. The van der Waals surface area contributed by atoms with Crippen LogP contribution in [0.25, 0.3) is 0 Å². The van der Waals surface area contributed by atoms with Crippen molar-refractivity contribution in [3.05, 3.63) is 28.8 Å². The third-order valence-corrected chi connectivity index (χ3v) is 1.59. The van der Waals surface area contributed by atoms with E-state index in [2.05, 4.69) is 0 Å². The van der Waals surface area contributed by atoms with Crippen LogP contribution < -0.4 is 0 Å². The van der Waals surface area contributed by atoms with Crippen molar-refractivity contribution < 1.29 is 18.3 Å². The van der Waals surface area contributed by atoms with Gasteiger partial charge in [0.15, 0.2) is 0 Å². The second-order valence-electron chi connectivity index (χ2n) is 2.16. The summed E-state index contributed by atoms with van der Waals surface area (Å²) >= 11 is 5.31. The second-order valence-corrected chi connectivity index (χ2v) is 2.57. The number of rotatable bonds is 0. The Morgan fingerprint density at radius 3 is 2.15 bits per heavy atom. The van der Waals surface area contributed by atoms with Crippen LogP contribution in [0.4, 0.5) is 13.2 Å². The Hall–Kier alpha value is 0.736. The summed E-state index contributed by atoms with van der Waals surface area (Å²) in [4.78, 5) is 0. The molecule has 1 rings (SSSR count). The number of hydrogen-bond donors (Lipinski definition) is 1. The van der Waals surface area contributed by atoms with Crippen LogP contribution in [0.3, 0.4) is 0 Å². The number of aromatic hydroxyl groups is 1. The zero-order chi connectivity index (χ0) is 9.35. The molecule has 0 saturated carbocycles. The molecule has 68 valence electrons. The minimum absolute atomic E-state index is 0. The zero-order valence-corrected chi connectivity index (χ0v) is 6.45. The van der Waals surface area contributed by atoms with Crippen LogP contribution in [0, 0.1) is 0 Å². The molecule has 0 bridgehead atoms. The summed E-state index contributed by atoms with van der Waals surface area (Å²) in [5, 5.41) is 8.74. The van der Waals surface area contributed by atoms with Crippen molar-refractivity contribution in [2.45, 2.75) is 6.18 Å². The molecule has 0 aliphatic heterocycles.